The molecule has 0 heterocycles. The molecule has 0 atom stereocenters. The summed E-state index contributed by atoms with van der Waals surface area (Å²) in [6, 6.07) is 0. The SMILES string of the molecule is CC=C[CH2][Mg][C](C)(C)C. The van der Waals surface area contributed by atoms with Gasteiger partial charge in [-0.25, -0.2) is 0 Å². The standard InChI is InChI=1S/C4H9.C4H7.Mg/c1-4(2)3;1-3-4-2;/h1-3H3;3-4H,1H2,2H3;. The molecular formula is C8H16Mg. The second-order valence-corrected chi connectivity index (χ2v) is 6.87. The van der Waals surface area contributed by atoms with E-state index < -0.39 is 0 Å². The maximum Gasteiger partial charge on any atom is 0.378 e. The third-order valence-corrected chi connectivity index (χ3v) is 3.42. The maximum absolute atomic E-state index is 2.34. The lowest BCUT2D eigenvalue weighted by atomic mass is 10.2. The van der Waals surface area contributed by atoms with Gasteiger partial charge in [-0.1, -0.05) is 26.8 Å². The molecule has 0 aromatic carbocycles. The third-order valence-electron chi connectivity index (χ3n) is 1.30. The van der Waals surface area contributed by atoms with Crippen LogP contribution in [0.2, 0.25) is 8.09 Å². The Labute approximate surface area is 68.4 Å². The first-order valence-corrected chi connectivity index (χ1v) is 5.38. The monoisotopic (exact) mass is 136 g/mol. The van der Waals surface area contributed by atoms with Crippen LogP contribution in [-0.2, 0) is 0 Å². The fourth-order valence-corrected chi connectivity index (χ4v) is 2.05. The average molecular weight is 137 g/mol. The topological polar surface area (TPSA) is 0 Å². The summed E-state index contributed by atoms with van der Waals surface area (Å²) in [7, 11) is 0. The van der Waals surface area contributed by atoms with Gasteiger partial charge >= 0.3 is 20.4 Å². The summed E-state index contributed by atoms with van der Waals surface area (Å²) >= 11 is 0.152. The van der Waals surface area contributed by atoms with Gasteiger partial charge in [-0.15, -0.1) is 14.2 Å². The molecule has 0 rings (SSSR count). The lowest BCUT2D eigenvalue weighted by molar-refractivity contribution is 0.752. The van der Waals surface area contributed by atoms with Crippen molar-refractivity contribution in [3.05, 3.63) is 12.2 Å². The Hall–Kier alpha value is 0.506. The van der Waals surface area contributed by atoms with Gasteiger partial charge in [0.2, 0.25) is 0 Å². The highest BCUT2D eigenvalue weighted by Gasteiger charge is 2.11. The molecule has 0 aromatic rings. The summed E-state index contributed by atoms with van der Waals surface area (Å²) in [5, 5.41) is 0. The first-order chi connectivity index (χ1) is 4.06. The molecule has 50 valence electrons. The van der Waals surface area contributed by atoms with Crippen molar-refractivity contribution in [3.8, 4) is 0 Å². The number of hydrogen-bond donors (Lipinski definition) is 0. The minimum atomic E-state index is 0.152. The van der Waals surface area contributed by atoms with Gasteiger partial charge in [0.05, 0.1) is 0 Å². The zero-order valence-electron chi connectivity index (χ0n) is 7.07. The molecule has 0 bridgehead atoms. The van der Waals surface area contributed by atoms with Gasteiger partial charge in [-0.3, -0.25) is 0 Å². The van der Waals surface area contributed by atoms with Gasteiger partial charge in [-0.05, 0) is 6.92 Å². The zero-order valence-corrected chi connectivity index (χ0v) is 8.48. The second-order valence-electron chi connectivity index (χ2n) is 3.67. The zero-order chi connectivity index (χ0) is 7.33. The van der Waals surface area contributed by atoms with Crippen LogP contribution in [0.25, 0.3) is 0 Å². The Kier molecular flexibility index (Phi) is 4.59. The van der Waals surface area contributed by atoms with Crippen LogP contribution in [-0.4, -0.2) is 20.4 Å². The smallest absolute Gasteiger partial charge is 0.132 e. The van der Waals surface area contributed by atoms with E-state index in [9.17, 15) is 0 Å². The molecule has 0 amide bonds. The van der Waals surface area contributed by atoms with Crippen molar-refractivity contribution >= 4 is 20.4 Å². The second kappa shape index (κ2) is 4.34. The summed E-state index contributed by atoms with van der Waals surface area (Å²) in [6.07, 6.45) is 4.44. The molecule has 0 aliphatic rings. The van der Waals surface area contributed by atoms with Gasteiger partial charge in [-0.2, -0.15) is 0 Å². The summed E-state index contributed by atoms with van der Waals surface area (Å²) < 4.78 is 2.00. The van der Waals surface area contributed by atoms with Crippen molar-refractivity contribution in [1.29, 1.82) is 0 Å². The van der Waals surface area contributed by atoms with E-state index in [-0.39, 0.29) is 20.4 Å². The molecule has 0 aromatic heterocycles. The van der Waals surface area contributed by atoms with Crippen LogP contribution in [0, 0.1) is 0 Å². The Morgan fingerprint density at radius 1 is 1.33 bits per heavy atom. The van der Waals surface area contributed by atoms with Crippen molar-refractivity contribution in [2.75, 3.05) is 0 Å². The van der Waals surface area contributed by atoms with Crippen molar-refractivity contribution in [2.24, 2.45) is 0 Å². The van der Waals surface area contributed by atoms with Crippen LogP contribution in [0.5, 0.6) is 0 Å². The van der Waals surface area contributed by atoms with E-state index in [0.29, 0.717) is 3.54 Å². The van der Waals surface area contributed by atoms with Crippen LogP contribution < -0.4 is 0 Å². The highest BCUT2D eigenvalue weighted by molar-refractivity contribution is 6.40. The number of hydrogen-bond acceptors (Lipinski definition) is 0. The summed E-state index contributed by atoms with van der Waals surface area (Å²) in [5.41, 5.74) is 0. The molecule has 0 unspecified atom stereocenters. The Bertz CT molecular complexity index is 87.2. The van der Waals surface area contributed by atoms with Crippen molar-refractivity contribution in [2.45, 2.75) is 35.8 Å². The first-order valence-electron chi connectivity index (χ1n) is 3.67. The van der Waals surface area contributed by atoms with Crippen molar-refractivity contribution < 1.29 is 0 Å². The maximum atomic E-state index is 2.34. The van der Waals surface area contributed by atoms with Crippen LogP contribution in [0.4, 0.5) is 0 Å². The fourth-order valence-electron chi connectivity index (χ4n) is 0.683. The molecule has 0 radical (unpaired) electrons. The van der Waals surface area contributed by atoms with Crippen LogP contribution in [0.1, 0.15) is 27.7 Å². The molecule has 0 nitrogen and oxygen atoms in total. The largest absolute Gasteiger partial charge is 0.378 e. The van der Waals surface area contributed by atoms with E-state index in [1.54, 1.807) is 0 Å². The Balaban J connectivity index is 3.28. The summed E-state index contributed by atoms with van der Waals surface area (Å²) in [4.78, 5) is 0. The number of allylic oxidation sites excluding steroid dienone is 2. The van der Waals surface area contributed by atoms with Gasteiger partial charge in [0.1, 0.15) is 0 Å². The molecule has 0 aliphatic heterocycles. The minimum absolute atomic E-state index is 0.152. The Morgan fingerprint density at radius 2 is 1.89 bits per heavy atom. The molecule has 0 aliphatic carbocycles. The number of rotatable bonds is 2. The van der Waals surface area contributed by atoms with E-state index in [2.05, 4.69) is 39.8 Å². The predicted molar refractivity (Wildman–Crippen MR) is 45.1 cm³/mol. The predicted octanol–water partition coefficient (Wildman–Crippen LogP) is 2.90. The molecule has 0 saturated carbocycles. The van der Waals surface area contributed by atoms with E-state index >= 15 is 0 Å². The summed E-state index contributed by atoms with van der Waals surface area (Å²) in [5.74, 6) is 0. The Morgan fingerprint density at radius 3 is 2.22 bits per heavy atom. The van der Waals surface area contributed by atoms with Gasteiger partial charge < -0.3 is 0 Å². The highest BCUT2D eigenvalue weighted by atomic mass is 24.5. The molecule has 0 fully saturated rings. The molecule has 0 N–H and O–H groups in total. The lowest BCUT2D eigenvalue weighted by Gasteiger charge is -2.14. The quantitative estimate of drug-likeness (QED) is 0.405. The molecular weight excluding hydrogens is 120 g/mol. The van der Waals surface area contributed by atoms with Gasteiger partial charge in [0.25, 0.3) is 0 Å². The highest BCUT2D eigenvalue weighted by Crippen LogP contribution is 2.21. The van der Waals surface area contributed by atoms with E-state index in [4.69, 9.17) is 0 Å². The third kappa shape index (κ3) is 8.51. The van der Waals surface area contributed by atoms with Crippen molar-refractivity contribution in [3.63, 3.8) is 0 Å². The van der Waals surface area contributed by atoms with Crippen LogP contribution in [0.15, 0.2) is 12.2 Å². The van der Waals surface area contributed by atoms with Crippen molar-refractivity contribution in [1.82, 2.24) is 0 Å². The fraction of sp³-hybridized carbons (Fsp3) is 0.750. The minimum Gasteiger partial charge on any atom is -0.132 e. The molecule has 9 heavy (non-hydrogen) atoms. The van der Waals surface area contributed by atoms with E-state index in [1.165, 1.54) is 4.55 Å². The molecule has 0 saturated heterocycles. The first kappa shape index (κ1) is 9.51. The van der Waals surface area contributed by atoms with E-state index in [1.807, 2.05) is 0 Å². The van der Waals surface area contributed by atoms with Gasteiger partial charge in [0.15, 0.2) is 0 Å². The normalized spacial score (nSPS) is 12.0. The average Bonchev–Trinajstić information content (AvgIpc) is 1.63. The molecule has 1 heteroatoms. The van der Waals surface area contributed by atoms with Crippen LogP contribution in [0.3, 0.4) is 0 Å². The lowest BCUT2D eigenvalue weighted by Crippen LogP contribution is -2.05. The van der Waals surface area contributed by atoms with Gasteiger partial charge in [0, 0.05) is 0 Å². The van der Waals surface area contributed by atoms with Crippen LogP contribution >= 0.6 is 0 Å². The summed E-state index contributed by atoms with van der Waals surface area (Å²) in [6.45, 7) is 9.10. The molecule has 0 spiro atoms. The van der Waals surface area contributed by atoms with E-state index in [0.717, 1.165) is 0 Å².